The maximum Gasteiger partial charge on any atom is 0.278 e. The topological polar surface area (TPSA) is 90.8 Å². The summed E-state index contributed by atoms with van der Waals surface area (Å²) in [5.41, 5.74) is 2.45. The van der Waals surface area contributed by atoms with E-state index in [1.54, 1.807) is 40.9 Å². The van der Waals surface area contributed by atoms with Crippen LogP contribution in [0.5, 0.6) is 0 Å². The fraction of sp³-hybridized carbons (Fsp3) is 0.158. The quantitative estimate of drug-likeness (QED) is 0.498. The average Bonchev–Trinajstić information content (AvgIpc) is 3.38. The van der Waals surface area contributed by atoms with Crippen molar-refractivity contribution in [2.24, 2.45) is 0 Å². The van der Waals surface area contributed by atoms with Gasteiger partial charge in [0.2, 0.25) is 0 Å². The molecule has 8 nitrogen and oxygen atoms in total. The number of benzene rings is 1. The molecule has 3 heterocycles. The molecule has 1 N–H and O–H groups in total. The van der Waals surface area contributed by atoms with Gasteiger partial charge in [0.25, 0.3) is 5.91 Å². The van der Waals surface area contributed by atoms with Crippen LogP contribution in [0.3, 0.4) is 0 Å². The number of aryl methyl sites for hydroxylation is 1. The van der Waals surface area contributed by atoms with Crippen LogP contribution in [-0.2, 0) is 13.1 Å². The predicted molar refractivity (Wildman–Crippen MR) is 108 cm³/mol. The molecule has 10 heteroatoms. The third-order valence-corrected chi connectivity index (χ3v) is 4.64. The van der Waals surface area contributed by atoms with Crippen LogP contribution in [0.1, 0.15) is 27.4 Å². The maximum absolute atomic E-state index is 12.8. The van der Waals surface area contributed by atoms with Gasteiger partial charge in [0.15, 0.2) is 5.69 Å². The minimum absolute atomic E-state index is 0.207. The van der Waals surface area contributed by atoms with Gasteiger partial charge in [-0.25, -0.2) is 0 Å². The largest absolute Gasteiger partial charge is 0.361 e. The molecular weight excluding hydrogens is 415 g/mol. The van der Waals surface area contributed by atoms with Crippen molar-refractivity contribution in [1.29, 1.82) is 0 Å². The van der Waals surface area contributed by atoms with Gasteiger partial charge in [-0.15, -0.1) is 0 Å². The molecule has 0 saturated carbocycles. The van der Waals surface area contributed by atoms with E-state index in [4.69, 9.17) is 27.7 Å². The molecule has 0 bridgehead atoms. The molecule has 29 heavy (non-hydrogen) atoms. The fourth-order valence-corrected chi connectivity index (χ4v) is 3.20. The molecular formula is C19H16Cl2N6O2. The Kier molecular flexibility index (Phi) is 5.37. The third-order valence-electron chi connectivity index (χ3n) is 4.25. The second kappa shape index (κ2) is 8.10. The standard InChI is InChI=1S/C19H16Cl2N6O2/c1-12-17(11-27-10-15(21)7-23-27)18(25-29-12)19(28)24-16-4-2-3-13(5-16)8-26-9-14(20)6-22-26/h2-7,9-10H,8,11H2,1H3,(H,24,28). The van der Waals surface area contributed by atoms with Crippen molar-refractivity contribution in [3.8, 4) is 0 Å². The summed E-state index contributed by atoms with van der Waals surface area (Å²) in [4.78, 5) is 12.8. The van der Waals surface area contributed by atoms with Gasteiger partial charge in [0.05, 0.1) is 35.5 Å². The SMILES string of the molecule is Cc1onc(C(=O)Nc2cccc(Cn3cc(Cl)cn3)c2)c1Cn1cc(Cl)cn1. The minimum atomic E-state index is -0.366. The lowest BCUT2D eigenvalue weighted by Gasteiger charge is -2.08. The number of aromatic nitrogens is 5. The number of carbonyl (C=O) groups excluding carboxylic acids is 1. The van der Waals surface area contributed by atoms with Crippen molar-refractivity contribution in [3.63, 3.8) is 0 Å². The Hall–Kier alpha value is -3.10. The summed E-state index contributed by atoms with van der Waals surface area (Å²) in [6.45, 7) is 2.61. The highest BCUT2D eigenvalue weighted by Gasteiger charge is 2.20. The molecule has 0 aliphatic carbocycles. The molecule has 0 atom stereocenters. The summed E-state index contributed by atoms with van der Waals surface area (Å²) in [6.07, 6.45) is 6.51. The van der Waals surface area contributed by atoms with E-state index in [0.717, 1.165) is 5.56 Å². The Morgan fingerprint density at radius 3 is 2.45 bits per heavy atom. The number of nitrogens with one attached hydrogen (secondary N) is 1. The van der Waals surface area contributed by atoms with E-state index in [1.807, 2.05) is 18.2 Å². The number of hydrogen-bond acceptors (Lipinski definition) is 5. The Morgan fingerprint density at radius 2 is 1.79 bits per heavy atom. The Bertz CT molecular complexity index is 1160. The predicted octanol–water partition coefficient (Wildman–Crippen LogP) is 4.03. The fourth-order valence-electron chi connectivity index (χ4n) is 2.89. The Morgan fingerprint density at radius 1 is 1.10 bits per heavy atom. The number of hydrogen-bond donors (Lipinski definition) is 1. The number of amides is 1. The van der Waals surface area contributed by atoms with Crippen LogP contribution in [-0.4, -0.2) is 30.6 Å². The highest BCUT2D eigenvalue weighted by Crippen LogP contribution is 2.19. The Balaban J connectivity index is 1.50. The lowest BCUT2D eigenvalue weighted by atomic mass is 10.1. The van der Waals surface area contributed by atoms with E-state index in [1.165, 1.54) is 6.20 Å². The summed E-state index contributed by atoms with van der Waals surface area (Å²) in [7, 11) is 0. The van der Waals surface area contributed by atoms with E-state index in [-0.39, 0.29) is 11.6 Å². The molecule has 1 aromatic carbocycles. The normalized spacial score (nSPS) is 11.0. The van der Waals surface area contributed by atoms with Crippen molar-refractivity contribution in [3.05, 3.63) is 81.7 Å². The number of nitrogens with zero attached hydrogens (tertiary/aromatic N) is 5. The van der Waals surface area contributed by atoms with Crippen LogP contribution in [0.15, 0.2) is 53.6 Å². The zero-order valence-corrected chi connectivity index (χ0v) is 16.9. The third kappa shape index (κ3) is 4.49. The molecule has 0 saturated heterocycles. The highest BCUT2D eigenvalue weighted by molar-refractivity contribution is 6.30. The number of carbonyl (C=O) groups is 1. The first kappa shape index (κ1) is 19.2. The molecule has 0 fully saturated rings. The van der Waals surface area contributed by atoms with Crippen LogP contribution in [0.2, 0.25) is 10.0 Å². The summed E-state index contributed by atoms with van der Waals surface area (Å²) in [6, 6.07) is 7.47. The first-order valence-corrected chi connectivity index (χ1v) is 9.45. The van der Waals surface area contributed by atoms with Gasteiger partial charge in [0, 0.05) is 23.6 Å². The van der Waals surface area contributed by atoms with Crippen molar-refractivity contribution < 1.29 is 9.32 Å². The lowest BCUT2D eigenvalue weighted by molar-refractivity contribution is 0.101. The van der Waals surface area contributed by atoms with E-state index < -0.39 is 0 Å². The van der Waals surface area contributed by atoms with Crippen LogP contribution >= 0.6 is 23.2 Å². The molecule has 0 aliphatic rings. The smallest absolute Gasteiger partial charge is 0.278 e. The maximum atomic E-state index is 12.8. The van der Waals surface area contributed by atoms with Gasteiger partial charge in [-0.05, 0) is 24.6 Å². The van der Waals surface area contributed by atoms with E-state index >= 15 is 0 Å². The van der Waals surface area contributed by atoms with E-state index in [2.05, 4.69) is 20.7 Å². The van der Waals surface area contributed by atoms with Crippen molar-refractivity contribution in [2.45, 2.75) is 20.0 Å². The van der Waals surface area contributed by atoms with Gasteiger partial charge < -0.3 is 9.84 Å². The Labute approximate surface area is 176 Å². The number of anilines is 1. The summed E-state index contributed by atoms with van der Waals surface area (Å²) in [5.74, 6) is 0.181. The van der Waals surface area contributed by atoms with Crippen molar-refractivity contribution in [1.82, 2.24) is 24.7 Å². The van der Waals surface area contributed by atoms with Gasteiger partial charge in [-0.2, -0.15) is 10.2 Å². The van der Waals surface area contributed by atoms with Crippen LogP contribution in [0.25, 0.3) is 0 Å². The molecule has 0 radical (unpaired) electrons. The first-order chi connectivity index (χ1) is 14.0. The average molecular weight is 431 g/mol. The van der Waals surface area contributed by atoms with E-state index in [9.17, 15) is 4.79 Å². The van der Waals surface area contributed by atoms with Crippen LogP contribution in [0.4, 0.5) is 5.69 Å². The van der Waals surface area contributed by atoms with Crippen LogP contribution < -0.4 is 5.32 Å². The molecule has 0 unspecified atom stereocenters. The summed E-state index contributed by atoms with van der Waals surface area (Å²) < 4.78 is 8.57. The number of rotatable bonds is 6. The van der Waals surface area contributed by atoms with Crippen molar-refractivity contribution >= 4 is 34.8 Å². The molecule has 1 amide bonds. The van der Waals surface area contributed by atoms with Crippen LogP contribution in [0, 0.1) is 6.92 Å². The van der Waals surface area contributed by atoms with Crippen molar-refractivity contribution in [2.75, 3.05) is 5.32 Å². The molecule has 4 aromatic rings. The monoisotopic (exact) mass is 430 g/mol. The zero-order chi connectivity index (χ0) is 20.4. The van der Waals surface area contributed by atoms with Gasteiger partial charge in [-0.1, -0.05) is 40.5 Å². The minimum Gasteiger partial charge on any atom is -0.361 e. The second-order valence-corrected chi connectivity index (χ2v) is 7.31. The molecule has 3 aromatic heterocycles. The summed E-state index contributed by atoms with van der Waals surface area (Å²) in [5, 5.41) is 16.2. The highest BCUT2D eigenvalue weighted by atomic mass is 35.5. The summed E-state index contributed by atoms with van der Waals surface area (Å²) >= 11 is 11.8. The van der Waals surface area contributed by atoms with Gasteiger partial charge in [0.1, 0.15) is 5.76 Å². The molecule has 148 valence electrons. The zero-order valence-electron chi connectivity index (χ0n) is 15.3. The van der Waals surface area contributed by atoms with E-state index in [0.29, 0.717) is 40.1 Å². The first-order valence-electron chi connectivity index (χ1n) is 8.69. The lowest BCUT2D eigenvalue weighted by Crippen LogP contribution is -2.16. The van der Waals surface area contributed by atoms with Gasteiger partial charge in [-0.3, -0.25) is 14.2 Å². The molecule has 0 spiro atoms. The number of halogens is 2. The molecule has 4 rings (SSSR count). The second-order valence-electron chi connectivity index (χ2n) is 6.43. The molecule has 0 aliphatic heterocycles. The van der Waals surface area contributed by atoms with Gasteiger partial charge >= 0.3 is 0 Å².